The number of carboxylic acid groups (broad SMARTS) is 1. The number of carbonyl (C=O) groups is 2. The Hall–Kier alpha value is -1.14. The summed E-state index contributed by atoms with van der Waals surface area (Å²) in [7, 11) is 1.57. The van der Waals surface area contributed by atoms with E-state index in [2.05, 4.69) is 10.6 Å². The number of hydrogen-bond donors (Lipinski definition) is 3. The second kappa shape index (κ2) is 8.05. The van der Waals surface area contributed by atoms with Crippen molar-refractivity contribution in [3.8, 4) is 0 Å². The molecule has 6 nitrogen and oxygen atoms in total. The molecular weight excluding hydrogens is 236 g/mol. The average molecular weight is 258 g/mol. The van der Waals surface area contributed by atoms with E-state index < -0.39 is 12.0 Å². The smallest absolute Gasteiger partial charge is 0.326 e. The molecule has 0 spiro atoms. The summed E-state index contributed by atoms with van der Waals surface area (Å²) >= 11 is 0. The lowest BCUT2D eigenvalue weighted by atomic mass is 10.0. The van der Waals surface area contributed by atoms with Gasteiger partial charge in [0.05, 0.1) is 6.04 Å². The van der Waals surface area contributed by atoms with E-state index >= 15 is 0 Å². The van der Waals surface area contributed by atoms with Crippen molar-refractivity contribution in [1.29, 1.82) is 0 Å². The Morgan fingerprint density at radius 1 is 1.50 bits per heavy atom. The fourth-order valence-electron chi connectivity index (χ4n) is 2.04. The number of rotatable bonds is 7. The van der Waals surface area contributed by atoms with Crippen LogP contribution in [-0.4, -0.2) is 49.3 Å². The van der Waals surface area contributed by atoms with Gasteiger partial charge in [-0.25, -0.2) is 4.79 Å². The molecule has 1 fully saturated rings. The molecule has 0 aliphatic carbocycles. The highest BCUT2D eigenvalue weighted by molar-refractivity contribution is 5.86. The zero-order valence-corrected chi connectivity index (χ0v) is 10.8. The number of ether oxygens (including phenoxy) is 1. The number of methoxy groups -OCH3 is 1. The third-order valence-corrected chi connectivity index (χ3v) is 3.08. The molecule has 1 amide bonds. The predicted octanol–water partition coefficient (Wildman–Crippen LogP) is 0.125. The molecule has 2 atom stereocenters. The standard InChI is InChI=1S/C12H22N2O4/c1-18-8-4-6-10(12(16)17)14-11(15)9-5-2-3-7-13-9/h9-10,13H,2-8H2,1H3,(H,14,15)(H,16,17)/t9-,10?/m0/s1. The predicted molar refractivity (Wildman–Crippen MR) is 66.3 cm³/mol. The Morgan fingerprint density at radius 2 is 2.28 bits per heavy atom. The summed E-state index contributed by atoms with van der Waals surface area (Å²) in [6.07, 6.45) is 3.86. The van der Waals surface area contributed by atoms with Crippen LogP contribution >= 0.6 is 0 Å². The molecule has 1 rings (SSSR count). The fraction of sp³-hybridized carbons (Fsp3) is 0.833. The number of carbonyl (C=O) groups excluding carboxylic acids is 1. The molecule has 18 heavy (non-hydrogen) atoms. The van der Waals surface area contributed by atoms with E-state index in [4.69, 9.17) is 9.84 Å². The van der Waals surface area contributed by atoms with Crippen LogP contribution in [0, 0.1) is 0 Å². The van der Waals surface area contributed by atoms with Gasteiger partial charge in [0, 0.05) is 13.7 Å². The summed E-state index contributed by atoms with van der Waals surface area (Å²) in [5.41, 5.74) is 0. The molecule has 1 saturated heterocycles. The van der Waals surface area contributed by atoms with Gasteiger partial charge < -0.3 is 20.5 Å². The Balaban J connectivity index is 2.38. The van der Waals surface area contributed by atoms with Gasteiger partial charge in [-0.3, -0.25) is 4.79 Å². The Kier molecular flexibility index (Phi) is 6.67. The zero-order chi connectivity index (χ0) is 13.4. The molecule has 3 N–H and O–H groups in total. The van der Waals surface area contributed by atoms with Gasteiger partial charge in [-0.05, 0) is 32.2 Å². The third kappa shape index (κ3) is 5.01. The highest BCUT2D eigenvalue weighted by Crippen LogP contribution is 2.08. The molecular formula is C12H22N2O4. The van der Waals surface area contributed by atoms with Crippen LogP contribution in [0.25, 0.3) is 0 Å². The van der Waals surface area contributed by atoms with Crippen LogP contribution in [0.15, 0.2) is 0 Å². The van der Waals surface area contributed by atoms with E-state index in [1.165, 1.54) is 0 Å². The van der Waals surface area contributed by atoms with Crippen molar-refractivity contribution in [2.75, 3.05) is 20.3 Å². The molecule has 104 valence electrons. The largest absolute Gasteiger partial charge is 0.480 e. The first-order valence-corrected chi connectivity index (χ1v) is 6.40. The number of amides is 1. The maximum atomic E-state index is 11.9. The van der Waals surface area contributed by atoms with E-state index in [1.54, 1.807) is 7.11 Å². The summed E-state index contributed by atoms with van der Waals surface area (Å²) in [5, 5.41) is 14.7. The Bertz CT molecular complexity index is 277. The molecule has 0 aromatic rings. The van der Waals surface area contributed by atoms with Crippen LogP contribution in [0.5, 0.6) is 0 Å². The molecule has 0 bridgehead atoms. The minimum Gasteiger partial charge on any atom is -0.480 e. The van der Waals surface area contributed by atoms with Crippen LogP contribution in [0.1, 0.15) is 32.1 Å². The van der Waals surface area contributed by atoms with Crippen molar-refractivity contribution in [3.63, 3.8) is 0 Å². The molecule has 0 aromatic heterocycles. The van der Waals surface area contributed by atoms with Gasteiger partial charge in [0.15, 0.2) is 0 Å². The van der Waals surface area contributed by atoms with Gasteiger partial charge >= 0.3 is 5.97 Å². The Morgan fingerprint density at radius 3 is 2.83 bits per heavy atom. The first-order valence-electron chi connectivity index (χ1n) is 6.40. The SMILES string of the molecule is COCCCC(NC(=O)[C@@H]1CCCCN1)C(=O)O. The summed E-state index contributed by atoms with van der Waals surface area (Å²) in [4.78, 5) is 22.9. The number of hydrogen-bond acceptors (Lipinski definition) is 4. The molecule has 0 radical (unpaired) electrons. The lowest BCUT2D eigenvalue weighted by Gasteiger charge is -2.24. The van der Waals surface area contributed by atoms with E-state index in [1.807, 2.05) is 0 Å². The van der Waals surface area contributed by atoms with E-state index in [0.29, 0.717) is 19.4 Å². The number of carboxylic acids is 1. The molecule has 0 aromatic carbocycles. The number of aliphatic carboxylic acids is 1. The first-order chi connectivity index (χ1) is 8.65. The van der Waals surface area contributed by atoms with E-state index in [0.717, 1.165) is 25.8 Å². The van der Waals surface area contributed by atoms with Crippen molar-refractivity contribution < 1.29 is 19.4 Å². The molecule has 0 saturated carbocycles. The number of piperidine rings is 1. The minimum atomic E-state index is -0.990. The van der Waals surface area contributed by atoms with Crippen molar-refractivity contribution in [3.05, 3.63) is 0 Å². The fourth-order valence-corrected chi connectivity index (χ4v) is 2.04. The molecule has 1 heterocycles. The average Bonchev–Trinajstić information content (AvgIpc) is 2.38. The van der Waals surface area contributed by atoms with Crippen molar-refractivity contribution in [1.82, 2.24) is 10.6 Å². The first kappa shape index (κ1) is 14.9. The van der Waals surface area contributed by atoms with Crippen molar-refractivity contribution in [2.24, 2.45) is 0 Å². The van der Waals surface area contributed by atoms with Gasteiger partial charge in [-0.15, -0.1) is 0 Å². The van der Waals surface area contributed by atoms with E-state index in [-0.39, 0.29) is 11.9 Å². The van der Waals surface area contributed by atoms with Crippen LogP contribution in [0.3, 0.4) is 0 Å². The van der Waals surface area contributed by atoms with E-state index in [9.17, 15) is 9.59 Å². The topological polar surface area (TPSA) is 87.7 Å². The summed E-state index contributed by atoms with van der Waals surface area (Å²) in [5.74, 6) is -1.20. The third-order valence-electron chi connectivity index (χ3n) is 3.08. The summed E-state index contributed by atoms with van der Waals surface area (Å²) < 4.78 is 4.88. The minimum absolute atomic E-state index is 0.209. The Labute approximate surface area is 107 Å². The van der Waals surface area contributed by atoms with Gasteiger partial charge in [0.1, 0.15) is 6.04 Å². The summed E-state index contributed by atoms with van der Waals surface area (Å²) in [6, 6.07) is -1.07. The van der Waals surface area contributed by atoms with Crippen molar-refractivity contribution >= 4 is 11.9 Å². The maximum absolute atomic E-state index is 11.9. The normalized spacial score (nSPS) is 21.3. The monoisotopic (exact) mass is 258 g/mol. The summed E-state index contributed by atoms with van der Waals surface area (Å²) in [6.45, 7) is 1.32. The highest BCUT2D eigenvalue weighted by Gasteiger charge is 2.25. The molecule has 1 aliphatic rings. The molecule has 1 aliphatic heterocycles. The van der Waals surface area contributed by atoms with Gasteiger partial charge in [0.2, 0.25) is 5.91 Å². The van der Waals surface area contributed by atoms with Crippen LogP contribution < -0.4 is 10.6 Å². The van der Waals surface area contributed by atoms with Gasteiger partial charge in [-0.1, -0.05) is 6.42 Å². The lowest BCUT2D eigenvalue weighted by molar-refractivity contribution is -0.142. The highest BCUT2D eigenvalue weighted by atomic mass is 16.5. The maximum Gasteiger partial charge on any atom is 0.326 e. The molecule has 6 heteroatoms. The second-order valence-electron chi connectivity index (χ2n) is 4.54. The van der Waals surface area contributed by atoms with Crippen LogP contribution in [0.2, 0.25) is 0 Å². The van der Waals surface area contributed by atoms with Gasteiger partial charge in [-0.2, -0.15) is 0 Å². The van der Waals surface area contributed by atoms with Crippen molar-refractivity contribution in [2.45, 2.75) is 44.2 Å². The lowest BCUT2D eigenvalue weighted by Crippen LogP contribution is -2.51. The second-order valence-corrected chi connectivity index (χ2v) is 4.54. The molecule has 1 unspecified atom stereocenters. The quantitative estimate of drug-likeness (QED) is 0.565. The zero-order valence-electron chi connectivity index (χ0n) is 10.8. The number of nitrogens with one attached hydrogen (secondary N) is 2. The van der Waals surface area contributed by atoms with Gasteiger partial charge in [0.25, 0.3) is 0 Å². The van der Waals surface area contributed by atoms with Crippen LogP contribution in [-0.2, 0) is 14.3 Å². The van der Waals surface area contributed by atoms with Crippen LogP contribution in [0.4, 0.5) is 0 Å².